The first-order chi connectivity index (χ1) is 8.30. The maximum atomic E-state index is 10.4. The Kier molecular flexibility index (Phi) is 3.30. The third kappa shape index (κ3) is 2.09. The van der Waals surface area contributed by atoms with Crippen LogP contribution in [0.15, 0.2) is 24.4 Å². The van der Waals surface area contributed by atoms with Gasteiger partial charge in [-0.25, -0.2) is 0 Å². The average Bonchev–Trinajstić information content (AvgIpc) is 2.68. The summed E-state index contributed by atoms with van der Waals surface area (Å²) in [7, 11) is 1.61. The first-order valence-electron chi connectivity index (χ1n) is 5.29. The van der Waals surface area contributed by atoms with E-state index in [9.17, 15) is 4.79 Å². The molecule has 0 spiro atoms. The Hall–Kier alpha value is -2.01. The van der Waals surface area contributed by atoms with Crippen LogP contribution in [0.5, 0.6) is 5.75 Å². The number of methoxy groups -OCH3 is 1. The van der Waals surface area contributed by atoms with Crippen molar-refractivity contribution < 1.29 is 14.4 Å². The molecule has 17 heavy (non-hydrogen) atoms. The summed E-state index contributed by atoms with van der Waals surface area (Å²) >= 11 is 0. The van der Waals surface area contributed by atoms with E-state index in [0.29, 0.717) is 13.0 Å². The first kappa shape index (κ1) is 11.5. The number of rotatable bonds is 5. The van der Waals surface area contributed by atoms with Crippen LogP contribution in [0.3, 0.4) is 0 Å². The van der Waals surface area contributed by atoms with Crippen molar-refractivity contribution in [3.8, 4) is 5.75 Å². The molecule has 0 unspecified atom stereocenters. The molecule has 0 atom stereocenters. The normalized spacial score (nSPS) is 10.5. The lowest BCUT2D eigenvalue weighted by molar-refractivity contribution is -0.128. The molecule has 5 nitrogen and oxygen atoms in total. The lowest BCUT2D eigenvalue weighted by atomic mass is 10.1. The van der Waals surface area contributed by atoms with Gasteiger partial charge in [-0.2, -0.15) is 4.73 Å². The molecule has 1 heterocycles. The highest BCUT2D eigenvalue weighted by Crippen LogP contribution is 2.25. The van der Waals surface area contributed by atoms with Crippen LogP contribution in [0, 0.1) is 0 Å². The second kappa shape index (κ2) is 4.88. The molecule has 0 saturated carbocycles. The van der Waals surface area contributed by atoms with Gasteiger partial charge in [0.15, 0.2) is 0 Å². The number of ether oxygens (including phenoxy) is 1. The number of carbonyl (C=O) groups is 1. The molecule has 0 aliphatic rings. The molecule has 2 N–H and O–H groups in total. The second-order valence-corrected chi connectivity index (χ2v) is 3.60. The minimum Gasteiger partial charge on any atom is -0.497 e. The third-order valence-electron chi connectivity index (χ3n) is 2.63. The maximum Gasteiger partial charge on any atom is 0.321 e. The molecule has 0 amide bonds. The van der Waals surface area contributed by atoms with Gasteiger partial charge in [-0.3, -0.25) is 4.79 Å². The van der Waals surface area contributed by atoms with E-state index in [0.717, 1.165) is 28.6 Å². The fourth-order valence-corrected chi connectivity index (χ4v) is 1.86. The molecule has 5 heteroatoms. The number of hydrogen-bond donors (Lipinski definition) is 1. The SMILES string of the molecule is COc1ccc2c(c1)c(CCN)cn2OC=O. The fraction of sp³-hybridized carbons (Fsp3) is 0.250. The molecule has 2 aromatic rings. The van der Waals surface area contributed by atoms with Gasteiger partial charge in [0.05, 0.1) is 12.6 Å². The number of nitrogens with zero attached hydrogens (tertiary/aromatic N) is 1. The molecular weight excluding hydrogens is 220 g/mol. The zero-order valence-corrected chi connectivity index (χ0v) is 9.55. The summed E-state index contributed by atoms with van der Waals surface area (Å²) in [6.45, 7) is 0.938. The van der Waals surface area contributed by atoms with Crippen LogP contribution in [0.2, 0.25) is 0 Å². The number of hydrogen-bond acceptors (Lipinski definition) is 4. The van der Waals surface area contributed by atoms with Gasteiger partial charge in [0.25, 0.3) is 0 Å². The monoisotopic (exact) mass is 234 g/mol. The molecular formula is C12H14N2O3. The number of nitrogens with two attached hydrogens (primary N) is 1. The molecule has 0 saturated heterocycles. The molecule has 1 aromatic carbocycles. The van der Waals surface area contributed by atoms with E-state index in [1.54, 1.807) is 13.3 Å². The van der Waals surface area contributed by atoms with Crippen LogP contribution in [-0.4, -0.2) is 24.9 Å². The molecule has 2 rings (SSSR count). The Labute approximate surface area is 98.7 Å². The zero-order valence-electron chi connectivity index (χ0n) is 9.55. The van der Waals surface area contributed by atoms with Gasteiger partial charge in [0.2, 0.25) is 0 Å². The van der Waals surface area contributed by atoms with Gasteiger partial charge in [0.1, 0.15) is 5.75 Å². The third-order valence-corrected chi connectivity index (χ3v) is 2.63. The van der Waals surface area contributed by atoms with Crippen molar-refractivity contribution in [3.63, 3.8) is 0 Å². The van der Waals surface area contributed by atoms with Crippen molar-refractivity contribution in [2.24, 2.45) is 5.73 Å². The van der Waals surface area contributed by atoms with E-state index < -0.39 is 0 Å². The molecule has 0 radical (unpaired) electrons. The van der Waals surface area contributed by atoms with Crippen LogP contribution in [-0.2, 0) is 11.2 Å². The van der Waals surface area contributed by atoms with E-state index in [-0.39, 0.29) is 0 Å². The van der Waals surface area contributed by atoms with Gasteiger partial charge in [0, 0.05) is 11.6 Å². The summed E-state index contributed by atoms with van der Waals surface area (Å²) in [6.07, 6.45) is 2.49. The predicted octanol–water partition coefficient (Wildman–Crippen LogP) is 0.736. The zero-order chi connectivity index (χ0) is 12.3. The highest BCUT2D eigenvalue weighted by atomic mass is 16.7. The summed E-state index contributed by atoms with van der Waals surface area (Å²) < 4.78 is 6.61. The average molecular weight is 234 g/mol. The second-order valence-electron chi connectivity index (χ2n) is 3.60. The van der Waals surface area contributed by atoms with Gasteiger partial charge in [-0.05, 0) is 36.7 Å². The summed E-state index contributed by atoms with van der Waals surface area (Å²) in [5, 5.41) is 0.983. The van der Waals surface area contributed by atoms with Crippen molar-refractivity contribution in [2.45, 2.75) is 6.42 Å². The predicted molar refractivity (Wildman–Crippen MR) is 63.9 cm³/mol. The van der Waals surface area contributed by atoms with Crippen molar-refractivity contribution in [1.29, 1.82) is 0 Å². The lowest BCUT2D eigenvalue weighted by Gasteiger charge is -2.02. The summed E-state index contributed by atoms with van der Waals surface area (Å²) in [5.41, 5.74) is 7.41. The van der Waals surface area contributed by atoms with E-state index in [1.165, 1.54) is 4.73 Å². The number of aromatic nitrogens is 1. The van der Waals surface area contributed by atoms with E-state index in [4.69, 9.17) is 15.3 Å². The van der Waals surface area contributed by atoms with Crippen molar-refractivity contribution in [3.05, 3.63) is 30.0 Å². The topological polar surface area (TPSA) is 66.5 Å². The molecule has 0 fully saturated rings. The quantitative estimate of drug-likeness (QED) is 0.775. The van der Waals surface area contributed by atoms with Crippen molar-refractivity contribution in [1.82, 2.24) is 4.73 Å². The minimum atomic E-state index is 0.399. The Morgan fingerprint density at radius 1 is 1.47 bits per heavy atom. The molecule has 90 valence electrons. The molecule has 0 bridgehead atoms. The van der Waals surface area contributed by atoms with Crippen LogP contribution < -0.4 is 15.3 Å². The van der Waals surface area contributed by atoms with Crippen LogP contribution >= 0.6 is 0 Å². The van der Waals surface area contributed by atoms with E-state index in [1.807, 2.05) is 18.2 Å². The van der Waals surface area contributed by atoms with Crippen LogP contribution in [0.25, 0.3) is 10.9 Å². The highest BCUT2D eigenvalue weighted by molar-refractivity contribution is 5.85. The Morgan fingerprint density at radius 2 is 2.29 bits per heavy atom. The highest BCUT2D eigenvalue weighted by Gasteiger charge is 2.09. The molecule has 0 aliphatic heterocycles. The van der Waals surface area contributed by atoms with E-state index in [2.05, 4.69) is 0 Å². The largest absolute Gasteiger partial charge is 0.497 e. The number of fused-ring (bicyclic) bond motifs is 1. The van der Waals surface area contributed by atoms with Gasteiger partial charge < -0.3 is 15.3 Å². The smallest absolute Gasteiger partial charge is 0.321 e. The number of benzene rings is 1. The van der Waals surface area contributed by atoms with Crippen LogP contribution in [0.4, 0.5) is 0 Å². The molecule has 1 aromatic heterocycles. The van der Waals surface area contributed by atoms with Gasteiger partial charge in [-0.15, -0.1) is 0 Å². The van der Waals surface area contributed by atoms with Crippen molar-refractivity contribution in [2.75, 3.05) is 13.7 Å². The van der Waals surface area contributed by atoms with Gasteiger partial charge in [-0.1, -0.05) is 0 Å². The standard InChI is InChI=1S/C12H14N2O3/c1-16-10-2-3-12-11(6-10)9(4-5-13)7-14(12)17-8-15/h2-3,6-8H,4-5,13H2,1H3. The fourth-order valence-electron chi connectivity index (χ4n) is 1.86. The molecule has 0 aliphatic carbocycles. The summed E-state index contributed by atoms with van der Waals surface area (Å²) in [5.74, 6) is 0.764. The Morgan fingerprint density at radius 3 is 2.94 bits per heavy atom. The summed E-state index contributed by atoms with van der Waals surface area (Å²) in [4.78, 5) is 15.3. The minimum absolute atomic E-state index is 0.399. The first-order valence-corrected chi connectivity index (χ1v) is 5.29. The number of carbonyl (C=O) groups excluding carboxylic acids is 1. The van der Waals surface area contributed by atoms with E-state index >= 15 is 0 Å². The Bertz CT molecular complexity index is 534. The lowest BCUT2D eigenvalue weighted by Crippen LogP contribution is -2.07. The van der Waals surface area contributed by atoms with Crippen molar-refractivity contribution >= 4 is 17.4 Å². The summed E-state index contributed by atoms with van der Waals surface area (Å²) in [6, 6.07) is 5.57. The van der Waals surface area contributed by atoms with Crippen LogP contribution in [0.1, 0.15) is 5.56 Å². The maximum absolute atomic E-state index is 10.4. The Balaban J connectivity index is 2.58. The van der Waals surface area contributed by atoms with Gasteiger partial charge >= 0.3 is 6.47 Å².